The van der Waals surface area contributed by atoms with Crippen molar-refractivity contribution < 1.29 is 23.6 Å². The molecule has 25 heavy (non-hydrogen) atoms. The van der Waals surface area contributed by atoms with Gasteiger partial charge in [0.2, 0.25) is 0 Å². The Kier molecular flexibility index (Phi) is 6.97. The topological polar surface area (TPSA) is 104 Å². The molecule has 0 unspecified atom stereocenters. The highest BCUT2D eigenvalue weighted by Crippen LogP contribution is 2.26. The highest BCUT2D eigenvalue weighted by Gasteiger charge is 2.15. The number of nitrogens with zero attached hydrogens (tertiary/aromatic N) is 1. The summed E-state index contributed by atoms with van der Waals surface area (Å²) in [4.78, 5) is 22.4. The van der Waals surface area contributed by atoms with Gasteiger partial charge >= 0.3 is 5.69 Å². The average molecular weight is 348 g/mol. The van der Waals surface area contributed by atoms with E-state index in [0.717, 1.165) is 0 Å². The molecule has 1 amide bonds. The molecule has 0 saturated heterocycles. The molecule has 134 valence electrons. The second-order valence-corrected chi connectivity index (χ2v) is 5.09. The van der Waals surface area contributed by atoms with Gasteiger partial charge in [0.05, 0.1) is 4.92 Å². The number of nitro groups is 1. The van der Waals surface area contributed by atoms with E-state index in [1.165, 1.54) is 18.2 Å². The number of carbonyl (C=O) groups is 1. The molecule has 1 aromatic carbocycles. The minimum atomic E-state index is -0.515. The number of carbonyl (C=O) groups excluding carboxylic acids is 1. The van der Waals surface area contributed by atoms with Gasteiger partial charge in [0, 0.05) is 25.8 Å². The molecule has 0 aliphatic carbocycles. The summed E-state index contributed by atoms with van der Waals surface area (Å²) in [6, 6.07) is 9.21. The highest BCUT2D eigenvalue weighted by molar-refractivity contribution is 5.91. The van der Waals surface area contributed by atoms with Gasteiger partial charge in [-0.1, -0.05) is 12.1 Å². The van der Waals surface area contributed by atoms with Crippen molar-refractivity contribution in [1.82, 2.24) is 5.32 Å². The Bertz CT molecular complexity index is 713. The van der Waals surface area contributed by atoms with Crippen LogP contribution in [0.25, 0.3) is 0 Å². The molecule has 0 spiro atoms. The van der Waals surface area contributed by atoms with E-state index in [-0.39, 0.29) is 29.7 Å². The van der Waals surface area contributed by atoms with Crippen molar-refractivity contribution in [2.45, 2.75) is 20.0 Å². The van der Waals surface area contributed by atoms with Crippen LogP contribution in [0.4, 0.5) is 5.69 Å². The lowest BCUT2D eigenvalue weighted by molar-refractivity contribution is -0.386. The number of nitro benzene ring substituents is 1. The molecule has 0 aliphatic heterocycles. The first-order chi connectivity index (χ1) is 12.1. The lowest BCUT2D eigenvalue weighted by atomic mass is 10.3. The van der Waals surface area contributed by atoms with Gasteiger partial charge in [0.15, 0.2) is 11.5 Å². The molecular weight excluding hydrogens is 328 g/mol. The van der Waals surface area contributed by atoms with E-state index in [4.69, 9.17) is 13.9 Å². The van der Waals surface area contributed by atoms with Crippen molar-refractivity contribution in [1.29, 1.82) is 0 Å². The van der Waals surface area contributed by atoms with Crippen molar-refractivity contribution >= 4 is 11.6 Å². The zero-order chi connectivity index (χ0) is 18.1. The molecule has 8 heteroatoms. The van der Waals surface area contributed by atoms with Crippen LogP contribution in [0.1, 0.15) is 29.7 Å². The fraction of sp³-hybridized carbons (Fsp3) is 0.353. The van der Waals surface area contributed by atoms with Gasteiger partial charge in [0.25, 0.3) is 5.91 Å². The van der Waals surface area contributed by atoms with Crippen LogP contribution in [0, 0.1) is 10.1 Å². The summed E-state index contributed by atoms with van der Waals surface area (Å²) in [6.07, 6.45) is 0.716. The molecule has 8 nitrogen and oxygen atoms in total. The maximum Gasteiger partial charge on any atom is 0.310 e. The van der Waals surface area contributed by atoms with Crippen LogP contribution in [-0.2, 0) is 11.3 Å². The Hall–Kier alpha value is -2.87. The summed E-state index contributed by atoms with van der Waals surface area (Å²) < 4.78 is 16.0. The molecule has 0 saturated carbocycles. The van der Waals surface area contributed by atoms with Crippen LogP contribution in [-0.4, -0.2) is 30.6 Å². The summed E-state index contributed by atoms with van der Waals surface area (Å²) >= 11 is 0. The Morgan fingerprint density at radius 3 is 2.84 bits per heavy atom. The van der Waals surface area contributed by atoms with Crippen LogP contribution in [0.3, 0.4) is 0 Å². The number of hydrogen-bond acceptors (Lipinski definition) is 6. The van der Waals surface area contributed by atoms with Gasteiger partial charge in [0.1, 0.15) is 12.4 Å². The van der Waals surface area contributed by atoms with Crippen LogP contribution >= 0.6 is 0 Å². The number of hydrogen-bond donors (Lipinski definition) is 1. The van der Waals surface area contributed by atoms with Crippen LogP contribution in [0.5, 0.6) is 5.75 Å². The second-order valence-electron chi connectivity index (χ2n) is 5.09. The molecule has 1 aromatic heterocycles. The van der Waals surface area contributed by atoms with E-state index in [9.17, 15) is 14.9 Å². The first kappa shape index (κ1) is 18.5. The quantitative estimate of drug-likeness (QED) is 0.402. The molecule has 0 atom stereocenters. The third kappa shape index (κ3) is 5.61. The van der Waals surface area contributed by atoms with Crippen molar-refractivity contribution in [2.75, 3.05) is 19.8 Å². The van der Waals surface area contributed by atoms with Crippen LogP contribution < -0.4 is 10.1 Å². The van der Waals surface area contributed by atoms with Gasteiger partial charge in [-0.3, -0.25) is 14.9 Å². The molecule has 0 fully saturated rings. The Morgan fingerprint density at radius 2 is 2.08 bits per heavy atom. The molecular formula is C17H20N2O6. The van der Waals surface area contributed by atoms with E-state index in [2.05, 4.69) is 5.32 Å². The molecule has 0 bridgehead atoms. The van der Waals surface area contributed by atoms with E-state index in [1.807, 2.05) is 6.92 Å². The fourth-order valence-electron chi connectivity index (χ4n) is 2.06. The molecule has 2 aromatic rings. The van der Waals surface area contributed by atoms with Gasteiger partial charge in [-0.2, -0.15) is 0 Å². The molecule has 1 N–H and O–H groups in total. The summed E-state index contributed by atoms with van der Waals surface area (Å²) in [5.74, 6) is 0.384. The predicted molar refractivity (Wildman–Crippen MR) is 89.6 cm³/mol. The Labute approximate surface area is 144 Å². The normalized spacial score (nSPS) is 10.4. The van der Waals surface area contributed by atoms with E-state index >= 15 is 0 Å². The molecule has 2 rings (SSSR count). The zero-order valence-corrected chi connectivity index (χ0v) is 13.9. The lowest BCUT2D eigenvalue weighted by Gasteiger charge is -2.05. The summed E-state index contributed by atoms with van der Waals surface area (Å²) in [5.41, 5.74) is -0.124. The first-order valence-electron chi connectivity index (χ1n) is 7.92. The van der Waals surface area contributed by atoms with Gasteiger partial charge in [-0.15, -0.1) is 0 Å². The number of benzene rings is 1. The van der Waals surface area contributed by atoms with Gasteiger partial charge in [-0.05, 0) is 31.5 Å². The minimum absolute atomic E-state index is 0.0114. The number of furan rings is 1. The average Bonchev–Trinajstić information content (AvgIpc) is 3.09. The Balaban J connectivity index is 1.85. The minimum Gasteiger partial charge on any atom is -0.479 e. The lowest BCUT2D eigenvalue weighted by Crippen LogP contribution is -2.24. The summed E-state index contributed by atoms with van der Waals surface area (Å²) in [7, 11) is 0. The van der Waals surface area contributed by atoms with Crippen molar-refractivity contribution in [3.8, 4) is 5.75 Å². The van der Waals surface area contributed by atoms with Crippen molar-refractivity contribution in [2.24, 2.45) is 0 Å². The second kappa shape index (κ2) is 9.43. The maximum absolute atomic E-state index is 11.9. The monoisotopic (exact) mass is 348 g/mol. The third-order valence-electron chi connectivity index (χ3n) is 3.27. The molecule has 0 radical (unpaired) electrons. The number of rotatable bonds is 10. The van der Waals surface area contributed by atoms with Crippen molar-refractivity contribution in [3.63, 3.8) is 0 Å². The van der Waals surface area contributed by atoms with E-state index in [0.29, 0.717) is 31.9 Å². The van der Waals surface area contributed by atoms with E-state index < -0.39 is 4.92 Å². The van der Waals surface area contributed by atoms with Crippen molar-refractivity contribution in [3.05, 3.63) is 58.0 Å². The largest absolute Gasteiger partial charge is 0.479 e. The number of para-hydroxylation sites is 2. The van der Waals surface area contributed by atoms with Crippen LogP contribution in [0.2, 0.25) is 0 Å². The summed E-state index contributed by atoms with van der Waals surface area (Å²) in [5, 5.41) is 13.7. The number of amides is 1. The third-order valence-corrected chi connectivity index (χ3v) is 3.27. The SMILES string of the molecule is CCOCCCNC(=O)c1ccc(COc2ccccc2[N+](=O)[O-])o1. The first-order valence-corrected chi connectivity index (χ1v) is 7.92. The predicted octanol–water partition coefficient (Wildman–Crippen LogP) is 2.92. The Morgan fingerprint density at radius 1 is 1.28 bits per heavy atom. The number of ether oxygens (including phenoxy) is 2. The van der Waals surface area contributed by atoms with Crippen LogP contribution in [0.15, 0.2) is 40.8 Å². The van der Waals surface area contributed by atoms with Gasteiger partial charge < -0.3 is 19.2 Å². The number of nitrogens with one attached hydrogen (secondary N) is 1. The molecule has 0 aliphatic rings. The standard InChI is InChI=1S/C17H20N2O6/c1-2-23-11-5-10-18-17(20)16-9-8-13(25-16)12-24-15-7-4-3-6-14(15)19(21)22/h3-4,6-9H,2,5,10-12H2,1H3,(H,18,20). The fourth-order valence-corrected chi connectivity index (χ4v) is 2.06. The molecule has 1 heterocycles. The van der Waals surface area contributed by atoms with Gasteiger partial charge in [-0.25, -0.2) is 0 Å². The highest BCUT2D eigenvalue weighted by atomic mass is 16.6. The van der Waals surface area contributed by atoms with E-state index in [1.54, 1.807) is 18.2 Å². The smallest absolute Gasteiger partial charge is 0.310 e. The summed E-state index contributed by atoms with van der Waals surface area (Å²) in [6.45, 7) is 3.62. The zero-order valence-electron chi connectivity index (χ0n) is 13.9. The maximum atomic E-state index is 11.9.